The van der Waals surface area contributed by atoms with Gasteiger partial charge in [0, 0.05) is 38.5 Å². The Balaban J connectivity index is 0.903. The van der Waals surface area contributed by atoms with Crippen LogP contribution in [0.5, 0.6) is 0 Å². The lowest BCUT2D eigenvalue weighted by Crippen LogP contribution is -2.67. The van der Waals surface area contributed by atoms with E-state index in [4.69, 9.17) is 28.4 Å². The summed E-state index contributed by atoms with van der Waals surface area (Å²) in [6.45, 7) is 2.67. The molecule has 0 amide bonds. The third-order valence-electron chi connectivity index (χ3n) is 10.9. The molecule has 0 radical (unpaired) electrons. The fraction of sp³-hybridized carbons (Fsp3) is 1.00. The monoisotopic (exact) mass is 540 g/mol. The molecule has 8 bridgehead atoms. The lowest BCUT2D eigenvalue weighted by Gasteiger charge is -2.63. The second-order valence-corrected chi connectivity index (χ2v) is 14.9. The Bertz CT molecular complexity index is 889. The van der Waals surface area contributed by atoms with Gasteiger partial charge < -0.3 is 33.5 Å². The number of epoxide rings is 2. The van der Waals surface area contributed by atoms with E-state index >= 15 is 8.78 Å². The zero-order valence-corrected chi connectivity index (χ0v) is 22.3. The van der Waals surface area contributed by atoms with Gasteiger partial charge in [-0.2, -0.15) is 0 Å². The quantitative estimate of drug-likeness (QED) is 0.379. The van der Waals surface area contributed by atoms with Gasteiger partial charge in [0.2, 0.25) is 0 Å². The van der Waals surface area contributed by atoms with Crippen molar-refractivity contribution in [1.29, 1.82) is 0 Å². The van der Waals surface area contributed by atoms with Crippen molar-refractivity contribution in [3.05, 3.63) is 0 Å². The van der Waals surface area contributed by atoms with Gasteiger partial charge in [-0.15, -0.1) is 0 Å². The molecule has 1 N–H and O–H groups in total. The molecule has 10 aliphatic rings. The van der Waals surface area contributed by atoms with Crippen molar-refractivity contribution >= 4 is 0 Å². The van der Waals surface area contributed by atoms with Crippen molar-refractivity contribution in [2.24, 2.45) is 11.8 Å². The molecule has 0 aromatic carbocycles. The lowest BCUT2D eigenvalue weighted by atomic mass is 9.51. The van der Waals surface area contributed by atoms with Crippen LogP contribution in [0.25, 0.3) is 0 Å². The Hall–Kier alpha value is -0.420. The SMILES string of the molecule is OC(COC12CC3CC(F)(C1)CC(OCC1CO1)(C3)C2)COC12CC3CC(F)(C1)CC(OCC1CO1)(C3)C2. The van der Waals surface area contributed by atoms with Crippen LogP contribution in [0.15, 0.2) is 0 Å². The van der Waals surface area contributed by atoms with Gasteiger partial charge in [-0.25, -0.2) is 8.78 Å². The fourth-order valence-electron chi connectivity index (χ4n) is 10.4. The van der Waals surface area contributed by atoms with E-state index in [0.29, 0.717) is 64.6 Å². The minimum atomic E-state index is -1.26. The molecule has 2 saturated heterocycles. The molecule has 10 rings (SSSR count). The minimum Gasteiger partial charge on any atom is -0.388 e. The number of ether oxygens (including phenoxy) is 6. The summed E-state index contributed by atoms with van der Waals surface area (Å²) in [5, 5.41) is 10.9. The zero-order chi connectivity index (χ0) is 25.9. The number of aliphatic hydroxyl groups is 1. The van der Waals surface area contributed by atoms with Crippen LogP contribution in [-0.2, 0) is 28.4 Å². The fourth-order valence-corrected chi connectivity index (χ4v) is 10.4. The van der Waals surface area contributed by atoms with Crippen LogP contribution < -0.4 is 0 Å². The van der Waals surface area contributed by atoms with Crippen molar-refractivity contribution < 1.29 is 42.3 Å². The predicted molar refractivity (Wildman–Crippen MR) is 130 cm³/mol. The largest absolute Gasteiger partial charge is 0.388 e. The molecule has 2 aliphatic heterocycles. The summed E-state index contributed by atoms with van der Waals surface area (Å²) < 4.78 is 67.8. The zero-order valence-electron chi connectivity index (χ0n) is 22.3. The van der Waals surface area contributed by atoms with Gasteiger partial charge in [-0.3, -0.25) is 0 Å². The molecule has 8 saturated carbocycles. The van der Waals surface area contributed by atoms with Crippen molar-refractivity contribution in [3.63, 3.8) is 0 Å². The smallest absolute Gasteiger partial charge is 0.116 e. The summed E-state index contributed by atoms with van der Waals surface area (Å²) >= 11 is 0. The van der Waals surface area contributed by atoms with E-state index in [1.54, 1.807) is 0 Å². The lowest BCUT2D eigenvalue weighted by molar-refractivity contribution is -0.278. The van der Waals surface area contributed by atoms with Gasteiger partial charge in [0.25, 0.3) is 0 Å². The standard InChI is InChI=1S/C29H42F2O7/c30-24-1-19-3-26(13-24,17-28(5-19,15-24)37-11-22-9-33-22)35-7-21(32)8-36-27-4-20-2-25(31,14-27)16-29(6-20,18-27)38-12-23-10-34-23/h19-23,32H,1-18H2. The summed E-state index contributed by atoms with van der Waals surface area (Å²) in [7, 11) is 0. The van der Waals surface area contributed by atoms with Gasteiger partial charge in [0.05, 0.1) is 62.0 Å². The Labute approximate surface area is 223 Å². The van der Waals surface area contributed by atoms with Gasteiger partial charge in [-0.05, 0) is 50.4 Å². The number of aliphatic hydroxyl groups excluding tert-OH is 1. The molecule has 7 nitrogen and oxygen atoms in total. The van der Waals surface area contributed by atoms with Gasteiger partial charge in [0.15, 0.2) is 0 Å². The van der Waals surface area contributed by atoms with E-state index in [9.17, 15) is 5.11 Å². The maximum absolute atomic E-state index is 15.9. The highest BCUT2D eigenvalue weighted by molar-refractivity contribution is 5.18. The molecule has 10 atom stereocenters. The van der Waals surface area contributed by atoms with E-state index in [1.165, 1.54) is 0 Å². The van der Waals surface area contributed by atoms with Gasteiger partial charge in [-0.1, -0.05) is 0 Å². The maximum Gasteiger partial charge on any atom is 0.116 e. The van der Waals surface area contributed by atoms with Crippen molar-refractivity contribution in [1.82, 2.24) is 0 Å². The highest BCUT2D eigenvalue weighted by Crippen LogP contribution is 2.64. The molecule has 10 unspecified atom stereocenters. The highest BCUT2D eigenvalue weighted by Gasteiger charge is 2.67. The van der Waals surface area contributed by atoms with Crippen molar-refractivity contribution in [2.75, 3.05) is 39.6 Å². The Kier molecular flexibility index (Phi) is 5.54. The maximum atomic E-state index is 15.9. The number of hydrogen-bond acceptors (Lipinski definition) is 7. The average molecular weight is 541 g/mol. The van der Waals surface area contributed by atoms with Crippen LogP contribution in [0, 0.1) is 11.8 Å². The van der Waals surface area contributed by atoms with Crippen LogP contribution in [0.2, 0.25) is 0 Å². The van der Waals surface area contributed by atoms with E-state index in [-0.39, 0.29) is 37.3 Å². The molecule has 0 spiro atoms. The first-order chi connectivity index (χ1) is 18.1. The van der Waals surface area contributed by atoms with Gasteiger partial charge in [0.1, 0.15) is 29.6 Å². The van der Waals surface area contributed by atoms with E-state index < -0.39 is 39.8 Å². The van der Waals surface area contributed by atoms with E-state index in [1.807, 2.05) is 0 Å². The van der Waals surface area contributed by atoms with Crippen LogP contribution in [-0.4, -0.2) is 96.8 Å². The average Bonchev–Trinajstić information content (AvgIpc) is 3.70. The molecule has 214 valence electrons. The number of rotatable bonds is 12. The topological polar surface area (TPSA) is 82.2 Å². The van der Waals surface area contributed by atoms with Crippen LogP contribution >= 0.6 is 0 Å². The summed E-state index contributed by atoms with van der Waals surface area (Å²) in [5.41, 5.74) is -4.72. The summed E-state index contributed by atoms with van der Waals surface area (Å²) in [6, 6.07) is 0. The van der Waals surface area contributed by atoms with Crippen molar-refractivity contribution in [3.8, 4) is 0 Å². The molecule has 2 heterocycles. The van der Waals surface area contributed by atoms with Crippen LogP contribution in [0.4, 0.5) is 8.78 Å². The number of halogens is 2. The van der Waals surface area contributed by atoms with E-state index in [2.05, 4.69) is 0 Å². The Morgan fingerprint density at radius 2 is 0.974 bits per heavy atom. The van der Waals surface area contributed by atoms with Crippen LogP contribution in [0.1, 0.15) is 77.0 Å². The third-order valence-corrected chi connectivity index (χ3v) is 10.9. The first kappa shape index (κ1) is 25.3. The summed E-state index contributed by atoms with van der Waals surface area (Å²) in [5.74, 6) is 0.490. The molecule has 0 aromatic rings. The van der Waals surface area contributed by atoms with Crippen molar-refractivity contribution in [2.45, 2.75) is 129 Å². The third kappa shape index (κ3) is 4.66. The minimum absolute atomic E-state index is 0.0888. The normalized spacial score (nSPS) is 56.0. The molecule has 10 fully saturated rings. The molecule has 9 heteroatoms. The Morgan fingerprint density at radius 1 is 0.605 bits per heavy atom. The first-order valence-electron chi connectivity index (χ1n) is 14.9. The predicted octanol–water partition coefficient (Wildman–Crippen LogP) is 3.58. The Morgan fingerprint density at radius 3 is 1.32 bits per heavy atom. The first-order valence-corrected chi connectivity index (χ1v) is 14.9. The molecular weight excluding hydrogens is 498 g/mol. The summed E-state index contributed by atoms with van der Waals surface area (Å²) in [6.07, 6.45) is 6.96. The van der Waals surface area contributed by atoms with Crippen LogP contribution in [0.3, 0.4) is 0 Å². The molecule has 0 aromatic heterocycles. The molecule has 8 aliphatic carbocycles. The van der Waals surface area contributed by atoms with E-state index in [0.717, 1.165) is 38.9 Å². The number of hydrogen-bond donors (Lipinski definition) is 1. The second kappa shape index (κ2) is 8.33. The number of alkyl halides is 2. The highest BCUT2D eigenvalue weighted by atomic mass is 19.1. The molecular formula is C29H42F2O7. The molecule has 38 heavy (non-hydrogen) atoms. The summed E-state index contributed by atoms with van der Waals surface area (Å²) in [4.78, 5) is 0. The second-order valence-electron chi connectivity index (χ2n) is 14.9. The van der Waals surface area contributed by atoms with Gasteiger partial charge >= 0.3 is 0 Å².